The molecule has 1 heterocycles. The van der Waals surface area contributed by atoms with Gasteiger partial charge >= 0.3 is 6.30 Å². The number of nitrogens with zero attached hydrogens (tertiary/aromatic N) is 2. The molecule has 0 saturated heterocycles. The molecule has 0 unspecified atom stereocenters. The predicted molar refractivity (Wildman–Crippen MR) is 90.3 cm³/mol. The van der Waals surface area contributed by atoms with Gasteiger partial charge in [0.1, 0.15) is 6.33 Å². The molecule has 0 spiro atoms. The zero-order valence-corrected chi connectivity index (χ0v) is 14.8. The quantitative estimate of drug-likeness (QED) is 0.673. The second-order valence-corrected chi connectivity index (χ2v) is 7.73. The van der Waals surface area contributed by atoms with Crippen molar-refractivity contribution in [1.82, 2.24) is 9.55 Å². The Labute approximate surface area is 148 Å². The molecule has 0 fully saturated rings. The highest BCUT2D eigenvalue weighted by Gasteiger charge is 2.38. The summed E-state index contributed by atoms with van der Waals surface area (Å²) in [5, 5.41) is -0.618. The molecular weight excluding hydrogens is 365 g/mol. The largest absolute Gasteiger partial charge is 0.490 e. The van der Waals surface area contributed by atoms with Gasteiger partial charge in [-0.05, 0) is 31.5 Å². The maximum atomic E-state index is 13.5. The fraction of sp³-hybridized carbons (Fsp3) is 0.167. The number of hydrogen-bond acceptors (Lipinski definition) is 3. The molecule has 0 bridgehead atoms. The molecular formula is C18H15F3N2O2S. The highest BCUT2D eigenvalue weighted by Crippen LogP contribution is 2.37. The van der Waals surface area contributed by atoms with Crippen LogP contribution < -0.4 is 0 Å². The van der Waals surface area contributed by atoms with Crippen molar-refractivity contribution >= 4 is 9.84 Å². The molecule has 0 amide bonds. The van der Waals surface area contributed by atoms with Gasteiger partial charge in [0, 0.05) is 5.56 Å². The summed E-state index contributed by atoms with van der Waals surface area (Å²) in [5.41, 5.74) is 1.02. The minimum atomic E-state index is -4.80. The van der Waals surface area contributed by atoms with Crippen LogP contribution in [-0.2, 0) is 16.1 Å². The molecule has 1 aromatic heterocycles. The van der Waals surface area contributed by atoms with E-state index < -0.39 is 26.9 Å². The fourth-order valence-corrected chi connectivity index (χ4v) is 4.00. The number of halogens is 3. The van der Waals surface area contributed by atoms with Crippen molar-refractivity contribution in [3.05, 3.63) is 66.0 Å². The lowest BCUT2D eigenvalue weighted by Crippen LogP contribution is -2.18. The van der Waals surface area contributed by atoms with Crippen LogP contribution in [0.25, 0.3) is 11.3 Å². The molecule has 0 N–H and O–H groups in total. The van der Waals surface area contributed by atoms with Crippen molar-refractivity contribution in [2.75, 3.05) is 0 Å². The summed E-state index contributed by atoms with van der Waals surface area (Å²) in [5.74, 6) is 0. The first-order valence-electron chi connectivity index (χ1n) is 7.64. The molecule has 3 rings (SSSR count). The third-order valence-corrected chi connectivity index (χ3v) is 5.69. The van der Waals surface area contributed by atoms with E-state index in [4.69, 9.17) is 0 Å². The summed E-state index contributed by atoms with van der Waals surface area (Å²) in [6, 6.07) is 12.2. The van der Waals surface area contributed by atoms with E-state index in [1.54, 1.807) is 44.2 Å². The van der Waals surface area contributed by atoms with Crippen LogP contribution in [0, 0.1) is 13.8 Å². The van der Waals surface area contributed by atoms with Crippen molar-refractivity contribution in [2.45, 2.75) is 30.1 Å². The Bertz CT molecular complexity index is 1050. The van der Waals surface area contributed by atoms with Gasteiger partial charge in [0.15, 0.2) is 5.03 Å². The molecule has 0 aliphatic carbocycles. The number of benzene rings is 2. The normalized spacial score (nSPS) is 12.3. The summed E-state index contributed by atoms with van der Waals surface area (Å²) in [6.45, 7) is 3.40. The Morgan fingerprint density at radius 1 is 0.962 bits per heavy atom. The smallest absolute Gasteiger partial charge is 0.239 e. The number of sulfone groups is 1. The first kappa shape index (κ1) is 18.2. The summed E-state index contributed by atoms with van der Waals surface area (Å²) < 4.78 is 66.2. The molecule has 0 aliphatic heterocycles. The van der Waals surface area contributed by atoms with E-state index in [0.717, 1.165) is 5.56 Å². The van der Waals surface area contributed by atoms with Gasteiger partial charge in [-0.25, -0.2) is 18.0 Å². The Morgan fingerprint density at radius 2 is 1.58 bits per heavy atom. The molecule has 0 radical (unpaired) electrons. The first-order chi connectivity index (χ1) is 12.1. The SMILES string of the molecule is Cc1ccc(S(=O)(=O)c2ncn(C(F)(F)F)c2-c2ccccc2C)cc1. The third-order valence-electron chi connectivity index (χ3n) is 3.99. The van der Waals surface area contributed by atoms with Crippen LogP contribution in [0.3, 0.4) is 0 Å². The van der Waals surface area contributed by atoms with Crippen molar-refractivity contribution in [1.29, 1.82) is 0 Å². The van der Waals surface area contributed by atoms with E-state index in [1.165, 1.54) is 18.2 Å². The molecule has 136 valence electrons. The average Bonchev–Trinajstić information content (AvgIpc) is 3.01. The minimum absolute atomic E-state index is 0.0591. The molecule has 26 heavy (non-hydrogen) atoms. The van der Waals surface area contributed by atoms with Crippen molar-refractivity contribution in [2.24, 2.45) is 0 Å². The highest BCUT2D eigenvalue weighted by molar-refractivity contribution is 7.91. The van der Waals surface area contributed by atoms with E-state index in [9.17, 15) is 21.6 Å². The van der Waals surface area contributed by atoms with Crippen LogP contribution in [0.2, 0.25) is 0 Å². The second kappa shape index (κ2) is 6.28. The van der Waals surface area contributed by atoms with Crippen LogP contribution in [0.5, 0.6) is 0 Å². The zero-order chi connectivity index (χ0) is 19.1. The lowest BCUT2D eigenvalue weighted by atomic mass is 10.1. The summed E-state index contributed by atoms with van der Waals surface area (Å²) in [4.78, 5) is 3.52. The fourth-order valence-electron chi connectivity index (χ4n) is 2.63. The van der Waals surface area contributed by atoms with Gasteiger partial charge in [-0.15, -0.1) is 13.2 Å². The number of aromatic nitrogens is 2. The van der Waals surface area contributed by atoms with Crippen LogP contribution >= 0.6 is 0 Å². The third kappa shape index (κ3) is 3.12. The first-order valence-corrected chi connectivity index (χ1v) is 9.13. The summed E-state index contributed by atoms with van der Waals surface area (Å²) in [7, 11) is -4.22. The summed E-state index contributed by atoms with van der Waals surface area (Å²) in [6.07, 6.45) is -4.30. The Balaban J connectivity index is 2.31. The topological polar surface area (TPSA) is 52.0 Å². The van der Waals surface area contributed by atoms with Crippen molar-refractivity contribution in [3.63, 3.8) is 0 Å². The van der Waals surface area contributed by atoms with E-state index in [-0.39, 0.29) is 15.0 Å². The van der Waals surface area contributed by atoms with Crippen LogP contribution in [0.4, 0.5) is 13.2 Å². The summed E-state index contributed by atoms with van der Waals surface area (Å²) >= 11 is 0. The van der Waals surface area contributed by atoms with Gasteiger partial charge in [0.05, 0.1) is 10.6 Å². The minimum Gasteiger partial charge on any atom is -0.239 e. The van der Waals surface area contributed by atoms with Crippen LogP contribution in [-0.4, -0.2) is 18.0 Å². The Morgan fingerprint density at radius 3 is 2.15 bits per heavy atom. The number of alkyl halides is 3. The van der Waals surface area contributed by atoms with Crippen LogP contribution in [0.1, 0.15) is 11.1 Å². The van der Waals surface area contributed by atoms with Gasteiger partial charge in [0.25, 0.3) is 0 Å². The van der Waals surface area contributed by atoms with Crippen molar-refractivity contribution < 1.29 is 21.6 Å². The lowest BCUT2D eigenvalue weighted by molar-refractivity contribution is -0.202. The second-order valence-electron chi connectivity index (χ2n) is 5.87. The maximum absolute atomic E-state index is 13.5. The number of imidazole rings is 1. The molecule has 0 saturated carbocycles. The average molecular weight is 380 g/mol. The van der Waals surface area contributed by atoms with Gasteiger partial charge in [-0.1, -0.05) is 42.0 Å². The van der Waals surface area contributed by atoms with E-state index in [0.29, 0.717) is 11.9 Å². The lowest BCUT2D eigenvalue weighted by Gasteiger charge is -2.14. The molecule has 8 heteroatoms. The monoisotopic (exact) mass is 380 g/mol. The van der Waals surface area contributed by atoms with E-state index >= 15 is 0 Å². The van der Waals surface area contributed by atoms with Crippen LogP contribution in [0.15, 0.2) is 64.8 Å². The molecule has 3 aromatic rings. The standard InChI is InChI=1S/C18H15F3N2O2S/c1-12-7-9-14(10-8-12)26(24,25)17-16(15-6-4-3-5-13(15)2)23(11-22-17)18(19,20)21/h3-11H,1-2H3. The molecule has 4 nitrogen and oxygen atoms in total. The molecule has 2 aromatic carbocycles. The van der Waals surface area contributed by atoms with Gasteiger partial charge in [0.2, 0.25) is 9.84 Å². The van der Waals surface area contributed by atoms with E-state index in [1.807, 2.05) is 0 Å². The number of hydrogen-bond donors (Lipinski definition) is 0. The molecule has 0 aliphatic rings. The van der Waals surface area contributed by atoms with Crippen molar-refractivity contribution in [3.8, 4) is 11.3 Å². The van der Waals surface area contributed by atoms with E-state index in [2.05, 4.69) is 4.98 Å². The number of rotatable bonds is 3. The van der Waals surface area contributed by atoms with Gasteiger partial charge in [-0.3, -0.25) is 0 Å². The maximum Gasteiger partial charge on any atom is 0.490 e. The predicted octanol–water partition coefficient (Wildman–Crippen LogP) is 4.48. The zero-order valence-electron chi connectivity index (χ0n) is 13.9. The highest BCUT2D eigenvalue weighted by atomic mass is 32.2. The number of aryl methyl sites for hydroxylation is 2. The van der Waals surface area contributed by atoms with Gasteiger partial charge in [-0.2, -0.15) is 0 Å². The Kier molecular flexibility index (Phi) is 4.39. The van der Waals surface area contributed by atoms with Gasteiger partial charge < -0.3 is 0 Å². The Hall–Kier alpha value is -2.61. The molecule has 0 atom stereocenters.